The van der Waals surface area contributed by atoms with Crippen molar-refractivity contribution in [2.75, 3.05) is 13.2 Å². The van der Waals surface area contributed by atoms with Gasteiger partial charge in [0.1, 0.15) is 0 Å². The second-order valence-electron chi connectivity index (χ2n) is 5.57. The number of benzene rings is 1. The molecule has 1 aliphatic rings. The van der Waals surface area contributed by atoms with Gasteiger partial charge in [-0.2, -0.15) is 5.10 Å². The van der Waals surface area contributed by atoms with Gasteiger partial charge in [0.05, 0.1) is 18.0 Å². The summed E-state index contributed by atoms with van der Waals surface area (Å²) in [5.41, 5.74) is 5.63. The highest BCUT2D eigenvalue weighted by Crippen LogP contribution is 2.17. The number of hydrogen-bond donors (Lipinski definition) is 4. The molecule has 4 N–H and O–H groups in total. The number of carbonyl (C=O) groups excluding carboxylic acids is 1. The van der Waals surface area contributed by atoms with Crippen molar-refractivity contribution in [1.29, 1.82) is 0 Å². The second kappa shape index (κ2) is 7.95. The van der Waals surface area contributed by atoms with Crippen LogP contribution >= 0.6 is 12.2 Å². The van der Waals surface area contributed by atoms with Crippen molar-refractivity contribution in [3.05, 3.63) is 42.2 Å². The zero-order valence-electron chi connectivity index (χ0n) is 13.4. The highest BCUT2D eigenvalue weighted by molar-refractivity contribution is 7.80. The smallest absolute Gasteiger partial charge is 0.294 e. The Morgan fingerprint density at radius 3 is 2.88 bits per heavy atom. The molecule has 1 saturated heterocycles. The third-order valence-electron chi connectivity index (χ3n) is 3.73. The molecule has 3 rings (SSSR count). The fourth-order valence-corrected chi connectivity index (χ4v) is 2.60. The maximum absolute atomic E-state index is 12.2. The lowest BCUT2D eigenvalue weighted by Crippen LogP contribution is -2.48. The first-order valence-electron chi connectivity index (χ1n) is 7.93. The van der Waals surface area contributed by atoms with Gasteiger partial charge in [-0.15, -0.1) is 0 Å². The van der Waals surface area contributed by atoms with Crippen molar-refractivity contribution in [3.8, 4) is 11.4 Å². The predicted molar refractivity (Wildman–Crippen MR) is 95.4 cm³/mol. The van der Waals surface area contributed by atoms with Gasteiger partial charge in [-0.05, 0) is 37.2 Å². The van der Waals surface area contributed by atoms with Gasteiger partial charge in [0.2, 0.25) is 0 Å². The van der Waals surface area contributed by atoms with E-state index in [9.17, 15) is 9.90 Å². The van der Waals surface area contributed by atoms with Crippen molar-refractivity contribution in [2.45, 2.75) is 18.9 Å². The van der Waals surface area contributed by atoms with Gasteiger partial charge < -0.3 is 15.2 Å². The van der Waals surface area contributed by atoms with Crippen LogP contribution in [0.5, 0.6) is 5.75 Å². The van der Waals surface area contributed by atoms with E-state index in [0.717, 1.165) is 25.1 Å². The molecule has 1 aromatic carbocycles. The highest BCUT2D eigenvalue weighted by atomic mass is 32.1. The zero-order chi connectivity index (χ0) is 17.6. The van der Waals surface area contributed by atoms with Crippen molar-refractivity contribution in [2.24, 2.45) is 0 Å². The lowest BCUT2D eigenvalue weighted by atomic mass is 10.2. The van der Waals surface area contributed by atoms with Gasteiger partial charge in [0.15, 0.2) is 16.6 Å². The number of ether oxygens (including phenoxy) is 1. The molecular formula is C16H19N5O3S. The number of carbonyl (C=O) groups is 1. The number of aromatic nitrogens is 2. The van der Waals surface area contributed by atoms with Crippen LogP contribution in [-0.2, 0) is 4.74 Å². The number of aromatic hydroxyl groups is 1. The molecule has 0 unspecified atom stereocenters. The van der Waals surface area contributed by atoms with Crippen LogP contribution in [-0.4, -0.2) is 45.2 Å². The fraction of sp³-hybridized carbons (Fsp3) is 0.312. The van der Waals surface area contributed by atoms with E-state index < -0.39 is 5.91 Å². The summed E-state index contributed by atoms with van der Waals surface area (Å²) in [7, 11) is 0. The molecule has 2 aromatic rings. The highest BCUT2D eigenvalue weighted by Gasteiger charge is 2.18. The Hall–Kier alpha value is -2.65. The largest absolute Gasteiger partial charge is 0.504 e. The van der Waals surface area contributed by atoms with E-state index in [2.05, 4.69) is 21.3 Å². The van der Waals surface area contributed by atoms with Gasteiger partial charge in [-0.1, -0.05) is 18.2 Å². The molecule has 1 aromatic heterocycles. The van der Waals surface area contributed by atoms with Gasteiger partial charge in [-0.25, -0.2) is 4.68 Å². The number of nitrogens with zero attached hydrogens (tertiary/aromatic N) is 2. The van der Waals surface area contributed by atoms with Crippen molar-refractivity contribution in [1.82, 2.24) is 25.9 Å². The molecule has 0 bridgehead atoms. The zero-order valence-corrected chi connectivity index (χ0v) is 14.3. The van der Waals surface area contributed by atoms with E-state index in [1.165, 1.54) is 10.9 Å². The monoisotopic (exact) mass is 361 g/mol. The van der Waals surface area contributed by atoms with E-state index in [0.29, 0.717) is 6.54 Å². The summed E-state index contributed by atoms with van der Waals surface area (Å²) >= 11 is 5.09. The minimum absolute atomic E-state index is 0.0988. The summed E-state index contributed by atoms with van der Waals surface area (Å²) in [4.78, 5) is 12.2. The molecule has 25 heavy (non-hydrogen) atoms. The number of rotatable bonds is 4. The predicted octanol–water partition coefficient (Wildman–Crippen LogP) is 0.866. The molecule has 8 nitrogen and oxygen atoms in total. The SMILES string of the molecule is O=C(NNC(=S)NC[C@@H]1CCCO1)c1nn(-c2ccccc2)cc1O. The van der Waals surface area contributed by atoms with E-state index in [1.807, 2.05) is 30.3 Å². The molecule has 9 heteroatoms. The Labute approximate surface area is 150 Å². The molecule has 1 atom stereocenters. The van der Waals surface area contributed by atoms with Crippen LogP contribution in [0.4, 0.5) is 0 Å². The Morgan fingerprint density at radius 1 is 1.36 bits per heavy atom. The molecule has 0 radical (unpaired) electrons. The van der Waals surface area contributed by atoms with Crippen molar-refractivity contribution in [3.63, 3.8) is 0 Å². The standard InChI is InChI=1S/C16H19N5O3S/c22-13-10-21(11-5-2-1-3-6-11)20-14(13)15(23)18-19-16(25)17-9-12-7-4-8-24-12/h1-3,5-6,10,12,22H,4,7-9H2,(H,18,23)(H2,17,19,25)/t12-/m0/s1. The topological polar surface area (TPSA) is 100 Å². The van der Waals surface area contributed by atoms with Gasteiger partial charge >= 0.3 is 0 Å². The van der Waals surface area contributed by atoms with Gasteiger partial charge in [0.25, 0.3) is 5.91 Å². The van der Waals surface area contributed by atoms with Crippen molar-refractivity contribution >= 4 is 23.2 Å². The second-order valence-corrected chi connectivity index (χ2v) is 5.98. The Kier molecular flexibility index (Phi) is 5.46. The summed E-state index contributed by atoms with van der Waals surface area (Å²) in [5.74, 6) is -0.810. The number of amides is 1. The Bertz CT molecular complexity index is 743. The molecule has 0 saturated carbocycles. The van der Waals surface area contributed by atoms with Crippen LogP contribution in [0.3, 0.4) is 0 Å². The maximum Gasteiger partial charge on any atom is 0.294 e. The first kappa shape index (κ1) is 17.2. The fourth-order valence-electron chi connectivity index (χ4n) is 2.47. The van der Waals surface area contributed by atoms with E-state index in [4.69, 9.17) is 17.0 Å². The van der Waals surface area contributed by atoms with Crippen molar-refractivity contribution < 1.29 is 14.6 Å². The van der Waals surface area contributed by atoms with E-state index in [-0.39, 0.29) is 22.7 Å². The molecule has 1 fully saturated rings. The molecule has 0 aliphatic carbocycles. The van der Waals surface area contributed by atoms with E-state index >= 15 is 0 Å². The van der Waals surface area contributed by atoms with Gasteiger partial charge in [0, 0.05) is 13.2 Å². The minimum atomic E-state index is -0.589. The van der Waals surface area contributed by atoms with Crippen LogP contribution < -0.4 is 16.2 Å². The normalized spacial score (nSPS) is 16.4. The van der Waals surface area contributed by atoms with Gasteiger partial charge in [-0.3, -0.25) is 15.6 Å². The van der Waals surface area contributed by atoms with Crippen LogP contribution in [0.15, 0.2) is 36.5 Å². The summed E-state index contributed by atoms with van der Waals surface area (Å²) < 4.78 is 6.90. The summed E-state index contributed by atoms with van der Waals surface area (Å²) in [5, 5.41) is 17.3. The minimum Gasteiger partial charge on any atom is -0.504 e. The molecule has 2 heterocycles. The first-order chi connectivity index (χ1) is 12.1. The number of thiocarbonyl (C=S) groups is 1. The third kappa shape index (κ3) is 4.46. The molecular weight excluding hydrogens is 342 g/mol. The molecule has 1 aliphatic heterocycles. The Balaban J connectivity index is 1.52. The quantitative estimate of drug-likeness (QED) is 0.473. The molecule has 1 amide bonds. The van der Waals surface area contributed by atoms with Crippen LogP contribution in [0, 0.1) is 0 Å². The number of nitrogens with one attached hydrogen (secondary N) is 3. The number of hydrogen-bond acceptors (Lipinski definition) is 5. The average Bonchev–Trinajstić information content (AvgIpc) is 3.28. The lowest BCUT2D eigenvalue weighted by molar-refractivity contribution is 0.0935. The maximum atomic E-state index is 12.2. The average molecular weight is 361 g/mol. The van der Waals surface area contributed by atoms with Crippen LogP contribution in [0.2, 0.25) is 0 Å². The summed E-state index contributed by atoms with van der Waals surface area (Å²) in [6, 6.07) is 9.18. The Morgan fingerprint density at radius 2 is 2.16 bits per heavy atom. The lowest BCUT2D eigenvalue weighted by Gasteiger charge is -2.14. The third-order valence-corrected chi connectivity index (χ3v) is 3.98. The number of hydrazine groups is 1. The van der Waals surface area contributed by atoms with Crippen LogP contribution in [0.1, 0.15) is 23.3 Å². The summed E-state index contributed by atoms with van der Waals surface area (Å²) in [6.07, 6.45) is 3.55. The molecule has 0 spiro atoms. The van der Waals surface area contributed by atoms with E-state index in [1.54, 1.807) is 0 Å². The first-order valence-corrected chi connectivity index (χ1v) is 8.34. The summed E-state index contributed by atoms with van der Waals surface area (Å²) in [6.45, 7) is 1.35. The molecule has 132 valence electrons. The van der Waals surface area contributed by atoms with Crippen LogP contribution in [0.25, 0.3) is 5.69 Å². The number of para-hydroxylation sites is 1.